The van der Waals surface area contributed by atoms with Gasteiger partial charge in [0.05, 0.1) is 27.8 Å². The molecule has 18 aromatic rings. The first-order valence-electron chi connectivity index (χ1n) is 42.4. The number of benzene rings is 16. The number of anilines is 6. The zero-order valence-electron chi connectivity index (χ0n) is 70.2. The topological polar surface area (TPSA) is 16.3 Å². The molecule has 0 saturated carbocycles. The predicted molar refractivity (Wildman–Crippen MR) is 517 cm³/mol. The van der Waals surface area contributed by atoms with Crippen molar-refractivity contribution in [3.63, 3.8) is 0 Å². The maximum atomic E-state index is 2.72. The Balaban J connectivity index is 0.937. The van der Waals surface area contributed by atoms with E-state index in [0.29, 0.717) is 0 Å². The third kappa shape index (κ3) is 12.4. The average Bonchev–Trinajstić information content (AvgIpc) is 0.960. The van der Waals surface area contributed by atoms with Gasteiger partial charge in [0.15, 0.2) is 16.1 Å². The van der Waals surface area contributed by atoms with Crippen molar-refractivity contribution < 1.29 is 0 Å². The van der Waals surface area contributed by atoms with E-state index in [0.717, 1.165) is 56.5 Å². The third-order valence-electron chi connectivity index (χ3n) is 26.0. The van der Waals surface area contributed by atoms with Crippen LogP contribution in [0.3, 0.4) is 0 Å². The van der Waals surface area contributed by atoms with Crippen LogP contribution >= 0.6 is 0 Å². The van der Waals surface area contributed by atoms with E-state index in [1.54, 1.807) is 0 Å². The quantitative estimate of drug-likeness (QED) is 0.0845. The number of hydrogen-bond donors (Lipinski definition) is 0. The Bertz CT molecular complexity index is 6600. The van der Waals surface area contributed by atoms with Crippen LogP contribution in [-0.2, 0) is 21.7 Å². The fraction of sp³-hybridized carbons (Fsp3) is 0.143. The number of fused-ring (bicyclic) bond motifs is 10. The first-order chi connectivity index (χ1) is 57.5. The van der Waals surface area contributed by atoms with Gasteiger partial charge in [-0.1, -0.05) is 374 Å². The van der Waals surface area contributed by atoms with Crippen molar-refractivity contribution in [3.8, 4) is 22.5 Å². The highest BCUT2D eigenvalue weighted by atomic mass is 28.3. The van der Waals surface area contributed by atoms with Gasteiger partial charge in [0.25, 0.3) is 6.71 Å². The largest absolute Gasteiger partial charge is 0.311 e. The lowest BCUT2D eigenvalue weighted by Crippen LogP contribution is -2.75. The molecule has 0 bridgehead atoms. The van der Waals surface area contributed by atoms with Gasteiger partial charge >= 0.3 is 0 Å². The van der Waals surface area contributed by atoms with Crippen LogP contribution in [0.25, 0.3) is 66.1 Å². The Morgan fingerprint density at radius 2 is 0.555 bits per heavy atom. The van der Waals surface area contributed by atoms with Gasteiger partial charge in [0, 0.05) is 61.4 Å². The second-order valence-corrected chi connectivity index (χ2v) is 44.9. The van der Waals surface area contributed by atoms with Gasteiger partial charge in [-0.15, -0.1) is 0 Å². The molecule has 0 atom stereocenters. The Morgan fingerprint density at radius 1 is 0.210 bits per heavy atom. The van der Waals surface area contributed by atoms with Gasteiger partial charge in [0.1, 0.15) is 0 Å². The van der Waals surface area contributed by atoms with E-state index in [4.69, 9.17) is 0 Å². The molecular weight excluding hydrogens is 1470 g/mol. The molecule has 4 heterocycles. The Kier molecular flexibility index (Phi) is 18.0. The van der Waals surface area contributed by atoms with Crippen LogP contribution in [0.5, 0.6) is 0 Å². The van der Waals surface area contributed by atoms with E-state index in [9.17, 15) is 0 Å². The molecule has 0 aliphatic carbocycles. The summed E-state index contributed by atoms with van der Waals surface area (Å²) in [6.45, 7) is 27.8. The SMILES string of the molecule is CC(C)(C)c1cc(-c2ccc(N3c4cc(-n5c6ccc(C(C)(C)C)cc6c6cc(C(C)(C)C)ccc65)ccc4B4c5ccc([Si](c6ccccc6)(c6ccccc6)c6ccccc6)cc5N(c5cccc([Si](c6ccccc6)(c6ccccc6)c6ccccc6)c5)c5cc(-n6c7ccccc7c7ccccc76)cc3c54)cc2)cc(C(C)(C)C)c1. The fourth-order valence-corrected chi connectivity index (χ4v) is 29.5. The number of nitrogens with zero attached hydrogens (tertiary/aromatic N) is 4. The highest BCUT2D eigenvalue weighted by Gasteiger charge is 2.49. The van der Waals surface area contributed by atoms with Crippen molar-refractivity contribution in [1.29, 1.82) is 0 Å². The summed E-state index contributed by atoms with van der Waals surface area (Å²) < 4.78 is 5.13. The van der Waals surface area contributed by atoms with Gasteiger partial charge in [-0.3, -0.25) is 0 Å². The second-order valence-electron chi connectivity index (χ2n) is 37.3. The van der Waals surface area contributed by atoms with Gasteiger partial charge in [0.2, 0.25) is 0 Å². The standard InChI is InChI=1S/C112H99BN4Si2/c1-109(2,3)78-56-64-102-96(69-78)97-70-79(110(4,5)6)57-65-103(97)115(102)84-60-62-98-104(72-84)114(82-58-54-76(55-59-82)77-66-80(111(7,8)9)68-81(67-77)112(10,11)12)106-73-85(117-100-52-33-31-50-94(100)95-51-32-34-53-101(95)117)74-107-108(106)113(98)99-63-61-93(119(89-43-25-16-26-44-89,90-45-27-17-28-46-90)91-47-29-18-30-48-91)75-105(99)116(107)83-36-35-49-92(71-83)118(86-37-19-13-20-38-86,87-39-21-14-22-40-87)88-41-23-15-24-42-88/h13-75H,1-12H3. The number of hydrogen-bond acceptors (Lipinski definition) is 2. The Morgan fingerprint density at radius 3 is 0.983 bits per heavy atom. The molecule has 119 heavy (non-hydrogen) atoms. The van der Waals surface area contributed by atoms with E-state index in [2.05, 4.69) is 484 Å². The zero-order valence-corrected chi connectivity index (χ0v) is 72.2. The molecule has 0 N–H and O–H groups in total. The number of para-hydroxylation sites is 2. The summed E-state index contributed by atoms with van der Waals surface area (Å²) in [5.74, 6) is 0. The molecule has 2 aliphatic heterocycles. The van der Waals surface area contributed by atoms with Crippen molar-refractivity contribution in [2.75, 3.05) is 9.80 Å². The summed E-state index contributed by atoms with van der Waals surface area (Å²) in [5, 5.41) is 15.5. The normalized spacial score (nSPS) is 13.2. The molecule has 7 heteroatoms. The van der Waals surface area contributed by atoms with Gasteiger partial charge < -0.3 is 18.9 Å². The first-order valence-corrected chi connectivity index (χ1v) is 46.4. The molecule has 20 rings (SSSR count). The monoisotopic (exact) mass is 1570 g/mol. The minimum atomic E-state index is -3.23. The second kappa shape index (κ2) is 28.5. The van der Waals surface area contributed by atoms with Crippen molar-refractivity contribution in [2.45, 2.75) is 105 Å². The fourth-order valence-electron chi connectivity index (χ4n) is 19.9. The summed E-state index contributed by atoms with van der Waals surface area (Å²) in [6.07, 6.45) is 0. The van der Waals surface area contributed by atoms with Crippen LogP contribution in [0.15, 0.2) is 382 Å². The van der Waals surface area contributed by atoms with E-state index in [-0.39, 0.29) is 28.4 Å². The first kappa shape index (κ1) is 75.0. The summed E-state index contributed by atoms with van der Waals surface area (Å²) in [4.78, 5) is 5.38. The van der Waals surface area contributed by atoms with Crippen molar-refractivity contribution in [2.24, 2.45) is 0 Å². The van der Waals surface area contributed by atoms with Gasteiger partial charge in [-0.2, -0.15) is 0 Å². The van der Waals surface area contributed by atoms with Crippen LogP contribution in [-0.4, -0.2) is 32.0 Å². The number of rotatable bonds is 13. The molecule has 0 radical (unpaired) electrons. The van der Waals surface area contributed by atoms with E-state index in [1.165, 1.54) is 124 Å². The number of aromatic nitrogens is 2. The molecule has 16 aromatic carbocycles. The minimum Gasteiger partial charge on any atom is -0.311 e. The maximum Gasteiger partial charge on any atom is 0.252 e. The molecule has 2 aromatic heterocycles. The molecule has 0 spiro atoms. The van der Waals surface area contributed by atoms with Gasteiger partial charge in [-0.05, 0) is 204 Å². The Hall–Kier alpha value is -12.8. The molecule has 2 aliphatic rings. The van der Waals surface area contributed by atoms with Crippen LogP contribution in [0.1, 0.15) is 105 Å². The predicted octanol–water partition coefficient (Wildman–Crippen LogP) is 21.6. The van der Waals surface area contributed by atoms with Crippen LogP contribution in [0, 0.1) is 0 Å². The lowest BCUT2D eigenvalue weighted by molar-refractivity contribution is 0.569. The van der Waals surface area contributed by atoms with Crippen molar-refractivity contribution >= 4 is 158 Å². The third-order valence-corrected chi connectivity index (χ3v) is 35.5. The van der Waals surface area contributed by atoms with Crippen molar-refractivity contribution in [3.05, 3.63) is 404 Å². The van der Waals surface area contributed by atoms with Crippen molar-refractivity contribution in [1.82, 2.24) is 9.13 Å². The maximum absolute atomic E-state index is 3.23. The Labute approximate surface area is 704 Å². The molecule has 0 saturated heterocycles. The lowest BCUT2D eigenvalue weighted by atomic mass is 9.33. The zero-order chi connectivity index (χ0) is 81.5. The van der Waals surface area contributed by atoms with Crippen LogP contribution < -0.4 is 67.7 Å². The average molecular weight is 1570 g/mol. The van der Waals surface area contributed by atoms with Gasteiger partial charge in [-0.25, -0.2) is 0 Å². The summed E-state index contributed by atoms with van der Waals surface area (Å²) in [5.41, 5.74) is 24.7. The summed E-state index contributed by atoms with van der Waals surface area (Å²) in [7, 11) is -6.39. The summed E-state index contributed by atoms with van der Waals surface area (Å²) >= 11 is 0. The molecular formula is C112H99BN4Si2. The van der Waals surface area contributed by atoms with E-state index in [1.807, 2.05) is 0 Å². The minimum absolute atomic E-state index is 0.0643. The van der Waals surface area contributed by atoms with E-state index >= 15 is 0 Å². The van der Waals surface area contributed by atoms with E-state index < -0.39 is 16.1 Å². The summed E-state index contributed by atoms with van der Waals surface area (Å²) in [6, 6.07) is 149. The van der Waals surface area contributed by atoms with Crippen LogP contribution in [0.2, 0.25) is 0 Å². The molecule has 0 amide bonds. The molecule has 4 nitrogen and oxygen atoms in total. The van der Waals surface area contributed by atoms with Crippen LogP contribution in [0.4, 0.5) is 34.1 Å². The molecule has 0 fully saturated rings. The highest BCUT2D eigenvalue weighted by Crippen LogP contribution is 2.49. The molecule has 578 valence electrons. The smallest absolute Gasteiger partial charge is 0.252 e. The highest BCUT2D eigenvalue weighted by molar-refractivity contribution is 7.20. The molecule has 0 unspecified atom stereocenters. The lowest BCUT2D eigenvalue weighted by Gasteiger charge is -2.45.